The van der Waals surface area contributed by atoms with Crippen LogP contribution in [-0.2, 0) is 4.79 Å². The van der Waals surface area contributed by atoms with E-state index in [0.29, 0.717) is 5.41 Å². The molecule has 2 N–H and O–H groups in total. The second kappa shape index (κ2) is 4.52. The van der Waals surface area contributed by atoms with Crippen LogP contribution in [-0.4, -0.2) is 25.0 Å². The van der Waals surface area contributed by atoms with Crippen molar-refractivity contribution in [3.63, 3.8) is 0 Å². The molecule has 0 aromatic carbocycles. The van der Waals surface area contributed by atoms with Gasteiger partial charge in [-0.1, -0.05) is 6.92 Å². The highest BCUT2D eigenvalue weighted by molar-refractivity contribution is 5.81. The van der Waals surface area contributed by atoms with Crippen LogP contribution >= 0.6 is 0 Å². The van der Waals surface area contributed by atoms with Crippen LogP contribution in [0.15, 0.2) is 0 Å². The summed E-state index contributed by atoms with van der Waals surface area (Å²) in [5.74, 6) is 0.208. The normalized spacial score (nSPS) is 29.4. The van der Waals surface area contributed by atoms with Gasteiger partial charge < -0.3 is 10.6 Å². The van der Waals surface area contributed by atoms with Crippen molar-refractivity contribution in [2.45, 2.75) is 51.5 Å². The predicted octanol–water partition coefficient (Wildman–Crippen LogP) is 1.43. The largest absolute Gasteiger partial charge is 0.355 e. The van der Waals surface area contributed by atoms with Gasteiger partial charge in [0.2, 0.25) is 5.91 Å². The summed E-state index contributed by atoms with van der Waals surface area (Å²) < 4.78 is 0. The van der Waals surface area contributed by atoms with Crippen molar-refractivity contribution in [3.05, 3.63) is 0 Å². The fourth-order valence-corrected chi connectivity index (χ4v) is 2.31. The summed E-state index contributed by atoms with van der Waals surface area (Å²) in [7, 11) is 0. The van der Waals surface area contributed by atoms with Gasteiger partial charge in [0.05, 0.1) is 6.04 Å². The minimum absolute atomic E-state index is 0.0662. The molecule has 3 nitrogen and oxygen atoms in total. The number of rotatable bonds is 4. The Bertz CT molecular complexity index is 236. The first kappa shape index (κ1) is 10.9. The maximum absolute atomic E-state index is 11.7. The van der Waals surface area contributed by atoms with E-state index in [1.54, 1.807) is 0 Å². The number of carbonyl (C=O) groups is 1. The number of carbonyl (C=O) groups excluding carboxylic acids is 1. The van der Waals surface area contributed by atoms with Gasteiger partial charge in [0.25, 0.3) is 0 Å². The Balaban J connectivity index is 1.79. The Labute approximate surface area is 92.0 Å². The van der Waals surface area contributed by atoms with Gasteiger partial charge in [-0.3, -0.25) is 4.79 Å². The average molecular weight is 210 g/mol. The summed E-state index contributed by atoms with van der Waals surface area (Å²) in [4.78, 5) is 11.7. The van der Waals surface area contributed by atoms with Gasteiger partial charge in [0.15, 0.2) is 0 Å². The minimum Gasteiger partial charge on any atom is -0.355 e. The van der Waals surface area contributed by atoms with E-state index in [9.17, 15) is 4.79 Å². The Kier molecular flexibility index (Phi) is 3.29. The van der Waals surface area contributed by atoms with E-state index in [4.69, 9.17) is 0 Å². The second-order valence-electron chi connectivity index (χ2n) is 5.07. The summed E-state index contributed by atoms with van der Waals surface area (Å²) in [6, 6.07) is 0.0662. The van der Waals surface area contributed by atoms with E-state index in [1.165, 1.54) is 19.3 Å². The summed E-state index contributed by atoms with van der Waals surface area (Å²) in [6.45, 7) is 4.14. The van der Waals surface area contributed by atoms with E-state index in [1.807, 2.05) is 0 Å². The molecule has 15 heavy (non-hydrogen) atoms. The van der Waals surface area contributed by atoms with Gasteiger partial charge >= 0.3 is 0 Å². The lowest BCUT2D eigenvalue weighted by Gasteiger charge is -2.19. The van der Waals surface area contributed by atoms with Crippen molar-refractivity contribution in [2.75, 3.05) is 13.1 Å². The van der Waals surface area contributed by atoms with Crippen LogP contribution in [0.25, 0.3) is 0 Å². The molecule has 86 valence electrons. The van der Waals surface area contributed by atoms with Crippen LogP contribution in [0.4, 0.5) is 0 Å². The van der Waals surface area contributed by atoms with Crippen molar-refractivity contribution in [3.8, 4) is 0 Å². The molecular weight excluding hydrogens is 188 g/mol. The maximum atomic E-state index is 11.7. The lowest BCUT2D eigenvalue weighted by Crippen LogP contribution is -2.44. The predicted molar refractivity (Wildman–Crippen MR) is 60.6 cm³/mol. The molecule has 1 unspecified atom stereocenters. The van der Waals surface area contributed by atoms with Crippen LogP contribution in [0.1, 0.15) is 45.4 Å². The molecule has 1 aliphatic carbocycles. The van der Waals surface area contributed by atoms with Gasteiger partial charge in [-0.05, 0) is 43.9 Å². The molecule has 1 saturated heterocycles. The average Bonchev–Trinajstić information content (AvgIpc) is 3.02. The molecule has 2 rings (SSSR count). The first-order valence-corrected chi connectivity index (χ1v) is 6.27. The topological polar surface area (TPSA) is 41.1 Å². The first-order chi connectivity index (χ1) is 7.26. The molecule has 0 aromatic rings. The highest BCUT2D eigenvalue weighted by Crippen LogP contribution is 2.47. The molecule has 1 amide bonds. The third kappa shape index (κ3) is 2.71. The van der Waals surface area contributed by atoms with Crippen molar-refractivity contribution in [1.82, 2.24) is 10.6 Å². The highest BCUT2D eigenvalue weighted by Gasteiger charge is 2.40. The molecule has 2 fully saturated rings. The minimum atomic E-state index is 0.0662. The summed E-state index contributed by atoms with van der Waals surface area (Å²) in [5.41, 5.74) is 0.534. The zero-order valence-corrected chi connectivity index (χ0v) is 9.64. The van der Waals surface area contributed by atoms with E-state index in [2.05, 4.69) is 17.6 Å². The molecule has 3 heteroatoms. The van der Waals surface area contributed by atoms with E-state index >= 15 is 0 Å². The van der Waals surface area contributed by atoms with E-state index in [0.717, 1.165) is 32.4 Å². The Morgan fingerprint density at radius 1 is 1.47 bits per heavy atom. The molecule has 2 aliphatic rings. The van der Waals surface area contributed by atoms with Gasteiger partial charge in [-0.15, -0.1) is 0 Å². The van der Waals surface area contributed by atoms with Gasteiger partial charge in [-0.25, -0.2) is 0 Å². The maximum Gasteiger partial charge on any atom is 0.237 e. The fourth-order valence-electron chi connectivity index (χ4n) is 2.31. The van der Waals surface area contributed by atoms with Crippen molar-refractivity contribution < 1.29 is 4.79 Å². The first-order valence-electron chi connectivity index (χ1n) is 6.27. The monoisotopic (exact) mass is 210 g/mol. The fraction of sp³-hybridized carbons (Fsp3) is 0.917. The number of hydrogen-bond acceptors (Lipinski definition) is 2. The van der Waals surface area contributed by atoms with E-state index < -0.39 is 0 Å². The lowest BCUT2D eigenvalue weighted by atomic mass is 10.0. The Hall–Kier alpha value is -0.570. The molecule has 1 saturated carbocycles. The zero-order valence-electron chi connectivity index (χ0n) is 9.64. The standard InChI is InChI=1S/C12H22N2O/c1-2-12(6-7-12)9-14-10-5-3-4-8-13-11(10)15/h10,14H,2-9H2,1H3,(H,13,15). The summed E-state index contributed by atoms with van der Waals surface area (Å²) >= 11 is 0. The van der Waals surface area contributed by atoms with Crippen LogP contribution in [0.5, 0.6) is 0 Å². The van der Waals surface area contributed by atoms with Crippen LogP contribution in [0.2, 0.25) is 0 Å². The van der Waals surface area contributed by atoms with Crippen molar-refractivity contribution >= 4 is 5.91 Å². The van der Waals surface area contributed by atoms with Crippen LogP contribution in [0, 0.1) is 5.41 Å². The molecule has 0 spiro atoms. The van der Waals surface area contributed by atoms with Crippen LogP contribution < -0.4 is 10.6 Å². The lowest BCUT2D eigenvalue weighted by molar-refractivity contribution is -0.122. The molecule has 1 heterocycles. The highest BCUT2D eigenvalue weighted by atomic mass is 16.2. The third-order valence-electron chi connectivity index (χ3n) is 3.97. The molecular formula is C12H22N2O. The summed E-state index contributed by atoms with van der Waals surface area (Å²) in [5, 5.41) is 6.42. The van der Waals surface area contributed by atoms with Gasteiger partial charge in [-0.2, -0.15) is 0 Å². The molecule has 1 atom stereocenters. The molecule has 1 aliphatic heterocycles. The Morgan fingerprint density at radius 2 is 2.27 bits per heavy atom. The zero-order chi connectivity index (χ0) is 10.7. The van der Waals surface area contributed by atoms with Crippen molar-refractivity contribution in [1.29, 1.82) is 0 Å². The second-order valence-corrected chi connectivity index (χ2v) is 5.07. The van der Waals surface area contributed by atoms with E-state index in [-0.39, 0.29) is 11.9 Å². The Morgan fingerprint density at radius 3 is 2.93 bits per heavy atom. The van der Waals surface area contributed by atoms with Gasteiger partial charge in [0.1, 0.15) is 0 Å². The quantitative estimate of drug-likeness (QED) is 0.737. The number of amides is 1. The molecule has 0 aromatic heterocycles. The van der Waals surface area contributed by atoms with Gasteiger partial charge in [0, 0.05) is 13.1 Å². The number of hydrogen-bond donors (Lipinski definition) is 2. The molecule has 0 bridgehead atoms. The van der Waals surface area contributed by atoms with Crippen LogP contribution in [0.3, 0.4) is 0 Å². The molecule has 0 radical (unpaired) electrons. The third-order valence-corrected chi connectivity index (χ3v) is 3.97. The van der Waals surface area contributed by atoms with Crippen molar-refractivity contribution in [2.24, 2.45) is 5.41 Å². The summed E-state index contributed by atoms with van der Waals surface area (Å²) in [6.07, 6.45) is 7.22. The number of nitrogens with one attached hydrogen (secondary N) is 2. The SMILES string of the molecule is CCC1(CNC2CCCCNC2=O)CC1. The smallest absolute Gasteiger partial charge is 0.237 e.